The van der Waals surface area contributed by atoms with Crippen molar-refractivity contribution in [3.8, 4) is 0 Å². The van der Waals surface area contributed by atoms with Crippen LogP contribution in [-0.4, -0.2) is 86.1 Å². The maximum Gasteiger partial charge on any atom is 0.303 e. The van der Waals surface area contributed by atoms with Crippen molar-refractivity contribution in [3.05, 3.63) is 0 Å². The fourth-order valence-electron chi connectivity index (χ4n) is 11.0. The van der Waals surface area contributed by atoms with Crippen LogP contribution in [0.4, 0.5) is 0 Å². The number of piperidine rings is 1. The van der Waals surface area contributed by atoms with Crippen LogP contribution in [0.3, 0.4) is 0 Å². The van der Waals surface area contributed by atoms with E-state index < -0.39 is 6.10 Å². The molecule has 4 aliphatic carbocycles. The van der Waals surface area contributed by atoms with Crippen LogP contribution in [0.5, 0.6) is 0 Å². The molecule has 4 saturated carbocycles. The monoisotopic (exact) mass is 516 g/mol. The highest BCUT2D eigenvalue weighted by molar-refractivity contribution is 5.66. The second-order valence-electron chi connectivity index (χ2n) is 14.7. The first-order chi connectivity index (χ1) is 17.7. The normalized spacial score (nSPS) is 50.0. The smallest absolute Gasteiger partial charge is 0.303 e. The van der Waals surface area contributed by atoms with Crippen molar-refractivity contribution in [3.63, 3.8) is 0 Å². The molecule has 0 radical (unpaired) electrons. The van der Waals surface area contributed by atoms with Crippen molar-refractivity contribution in [1.82, 2.24) is 4.90 Å². The van der Waals surface area contributed by atoms with E-state index in [-0.39, 0.29) is 28.9 Å². The molecular formula is C31H52N2O4. The number of carbonyl (C=O) groups excluding carboxylic acids is 1. The van der Waals surface area contributed by atoms with Crippen LogP contribution < -0.4 is 5.11 Å². The molecule has 0 bridgehead atoms. The van der Waals surface area contributed by atoms with Gasteiger partial charge in [0.2, 0.25) is 0 Å². The molecule has 0 aromatic heterocycles. The van der Waals surface area contributed by atoms with Gasteiger partial charge in [0.05, 0.1) is 33.4 Å². The van der Waals surface area contributed by atoms with E-state index in [0.29, 0.717) is 29.7 Å². The first-order valence-corrected chi connectivity index (χ1v) is 15.6. The van der Waals surface area contributed by atoms with Crippen LogP contribution in [-0.2, 0) is 14.3 Å². The molecule has 6 rings (SSSR count). The number of likely N-dealkylation sites (tertiary alicyclic amines) is 1. The second kappa shape index (κ2) is 9.74. The predicted molar refractivity (Wildman–Crippen MR) is 142 cm³/mol. The van der Waals surface area contributed by atoms with Gasteiger partial charge in [-0.15, -0.1) is 6.10 Å². The van der Waals surface area contributed by atoms with Gasteiger partial charge < -0.3 is 19.1 Å². The molecule has 6 fully saturated rings. The van der Waals surface area contributed by atoms with Gasteiger partial charge in [-0.2, -0.15) is 0 Å². The van der Waals surface area contributed by atoms with Gasteiger partial charge >= 0.3 is 5.97 Å². The molecule has 37 heavy (non-hydrogen) atoms. The Morgan fingerprint density at radius 1 is 1.00 bits per heavy atom. The third-order valence-corrected chi connectivity index (χ3v) is 13.0. The number of hydrogen-bond acceptors (Lipinski definition) is 5. The molecule has 0 aromatic carbocycles. The molecule has 6 heteroatoms. The van der Waals surface area contributed by atoms with Crippen LogP contribution in [0.25, 0.3) is 0 Å². The number of rotatable bonds is 3. The van der Waals surface area contributed by atoms with Gasteiger partial charge in [0.15, 0.2) is 6.10 Å². The van der Waals surface area contributed by atoms with E-state index in [9.17, 15) is 9.90 Å². The minimum absolute atomic E-state index is 0.0445. The van der Waals surface area contributed by atoms with Crippen molar-refractivity contribution in [2.24, 2.45) is 34.5 Å². The Bertz CT molecular complexity index is 854. The molecule has 0 amide bonds. The van der Waals surface area contributed by atoms with Crippen molar-refractivity contribution in [2.45, 2.75) is 109 Å². The Kier molecular flexibility index (Phi) is 6.99. The fraction of sp³-hybridized carbons (Fsp3) is 0.968. The first kappa shape index (κ1) is 26.5. The zero-order valence-electron chi connectivity index (χ0n) is 24.0. The van der Waals surface area contributed by atoms with Crippen molar-refractivity contribution in [2.75, 3.05) is 46.4 Å². The third-order valence-electron chi connectivity index (χ3n) is 13.0. The highest BCUT2D eigenvalue weighted by Gasteiger charge is 2.66. The molecule has 0 spiro atoms. The number of ether oxygens (including phenoxy) is 2. The average molecular weight is 517 g/mol. The third kappa shape index (κ3) is 4.31. The number of likely N-dealkylation sites (N-methyl/N-ethyl adjacent to an activating group) is 1. The average Bonchev–Trinajstić information content (AvgIpc) is 3.17. The Morgan fingerprint density at radius 3 is 2.43 bits per heavy atom. The quantitative estimate of drug-likeness (QED) is 0.424. The molecule has 0 aromatic rings. The molecule has 10 atom stereocenters. The number of esters is 1. The summed E-state index contributed by atoms with van der Waals surface area (Å²) in [5.74, 6) is 2.50. The minimum atomic E-state index is -0.450. The number of nitrogens with zero attached hydrogens (tertiary/aromatic N) is 2. The summed E-state index contributed by atoms with van der Waals surface area (Å²) < 4.78 is 13.0. The molecule has 210 valence electrons. The van der Waals surface area contributed by atoms with Gasteiger partial charge in [-0.05, 0) is 86.5 Å². The molecule has 9 unspecified atom stereocenters. The maximum absolute atomic E-state index is 13.4. The molecule has 0 N–H and O–H groups in total. The number of hydrogen-bond donors (Lipinski definition) is 0. The van der Waals surface area contributed by atoms with Crippen LogP contribution in [0.15, 0.2) is 0 Å². The predicted octanol–water partition coefficient (Wildman–Crippen LogP) is 3.61. The van der Waals surface area contributed by atoms with E-state index in [1.54, 1.807) is 6.92 Å². The zero-order chi connectivity index (χ0) is 26.0. The summed E-state index contributed by atoms with van der Waals surface area (Å²) >= 11 is 0. The summed E-state index contributed by atoms with van der Waals surface area (Å²) in [6.45, 7) is 12.5. The van der Waals surface area contributed by atoms with E-state index in [4.69, 9.17) is 9.47 Å². The topological polar surface area (TPSA) is 61.8 Å². The van der Waals surface area contributed by atoms with Gasteiger partial charge in [-0.25, -0.2) is 0 Å². The van der Waals surface area contributed by atoms with E-state index in [1.165, 1.54) is 64.5 Å². The Hall–Kier alpha value is -0.690. The second-order valence-corrected chi connectivity index (χ2v) is 14.7. The van der Waals surface area contributed by atoms with Crippen LogP contribution in [0, 0.1) is 34.5 Å². The number of quaternary nitrogens is 1. The van der Waals surface area contributed by atoms with Gasteiger partial charge in [-0.1, -0.05) is 20.3 Å². The summed E-state index contributed by atoms with van der Waals surface area (Å²) in [5, 5.41) is 13.4. The largest absolute Gasteiger partial charge is 0.851 e. The number of carbonyl (C=O) groups is 1. The molecule has 6 nitrogen and oxygen atoms in total. The van der Waals surface area contributed by atoms with E-state index >= 15 is 0 Å². The van der Waals surface area contributed by atoms with Gasteiger partial charge in [-0.3, -0.25) is 9.69 Å². The highest BCUT2D eigenvalue weighted by atomic mass is 16.5. The summed E-state index contributed by atoms with van der Waals surface area (Å²) in [4.78, 5) is 14.9. The lowest BCUT2D eigenvalue weighted by Gasteiger charge is -2.64. The molecule has 6 aliphatic rings. The Labute approximate surface area is 225 Å². The summed E-state index contributed by atoms with van der Waals surface area (Å²) in [6, 6.07) is 0.599. The van der Waals surface area contributed by atoms with Gasteiger partial charge in [0, 0.05) is 31.8 Å². The van der Waals surface area contributed by atoms with E-state index in [2.05, 4.69) is 25.8 Å². The van der Waals surface area contributed by atoms with Crippen LogP contribution >= 0.6 is 0 Å². The van der Waals surface area contributed by atoms with Gasteiger partial charge in [0.1, 0.15) is 6.04 Å². The number of fused-ring (bicyclic) bond motifs is 5. The zero-order valence-corrected chi connectivity index (χ0v) is 24.0. The van der Waals surface area contributed by atoms with Crippen molar-refractivity contribution in [1.29, 1.82) is 0 Å². The summed E-state index contributed by atoms with van der Waals surface area (Å²) in [7, 11) is 2.46. The number of morpholine rings is 1. The minimum Gasteiger partial charge on any atom is -0.851 e. The molecule has 2 heterocycles. The SMILES string of the molecule is CC(=O)OC1C([N+]2(C)CCCCC2)CC2C3CCC4C[C@H]([O-])C(N5CCOCC5)CC4(C)C3CCC21C. The fourth-order valence-corrected chi connectivity index (χ4v) is 11.0. The van der Waals surface area contributed by atoms with Gasteiger partial charge in [0.25, 0.3) is 0 Å². The maximum atomic E-state index is 13.4. The molecular weight excluding hydrogens is 464 g/mol. The van der Waals surface area contributed by atoms with Crippen LogP contribution in [0.2, 0.25) is 0 Å². The van der Waals surface area contributed by atoms with Crippen molar-refractivity contribution < 1.29 is 23.9 Å². The standard InChI is InChI=1S/C31H52N2O4/c1-21(34)37-29-27(33(4)14-6-5-7-15-33)19-25-23-9-8-22-18-28(35)26(32-12-16-36-17-13-32)20-31(22,3)24(23)10-11-30(25,29)2/h22-29H,5-20H2,1-4H3/t22?,23?,24?,25?,26?,27?,28-,29?,30?,31?/m0/s1. The first-order valence-electron chi connectivity index (χ1n) is 15.6. The lowest BCUT2D eigenvalue weighted by atomic mass is 9.44. The van der Waals surface area contributed by atoms with Crippen LogP contribution in [0.1, 0.15) is 85.0 Å². The molecule has 2 saturated heterocycles. The Balaban J connectivity index is 1.28. The summed E-state index contributed by atoms with van der Waals surface area (Å²) in [5.41, 5.74) is 0.339. The highest BCUT2D eigenvalue weighted by Crippen LogP contribution is 2.67. The lowest BCUT2D eigenvalue weighted by Crippen LogP contribution is -2.63. The Morgan fingerprint density at radius 2 is 1.73 bits per heavy atom. The van der Waals surface area contributed by atoms with E-state index in [0.717, 1.165) is 43.6 Å². The van der Waals surface area contributed by atoms with E-state index in [1.807, 2.05) is 0 Å². The molecule has 2 aliphatic heterocycles. The lowest BCUT2D eigenvalue weighted by molar-refractivity contribution is -0.940. The van der Waals surface area contributed by atoms with Crippen molar-refractivity contribution >= 4 is 5.97 Å². The summed E-state index contributed by atoms with van der Waals surface area (Å²) in [6.07, 6.45) is 11.6.